The van der Waals surface area contributed by atoms with E-state index in [1.807, 2.05) is 0 Å². The number of likely N-dealkylation sites (tertiary alicyclic amines) is 1. The van der Waals surface area contributed by atoms with Gasteiger partial charge in [-0.05, 0) is 55.2 Å². The maximum Gasteiger partial charge on any atom is 0.247 e. The van der Waals surface area contributed by atoms with Gasteiger partial charge in [-0.2, -0.15) is 0 Å². The Morgan fingerprint density at radius 1 is 1.18 bits per heavy atom. The predicted molar refractivity (Wildman–Crippen MR) is 103 cm³/mol. The van der Waals surface area contributed by atoms with Crippen molar-refractivity contribution in [2.24, 2.45) is 35.5 Å². The van der Waals surface area contributed by atoms with E-state index in [-0.39, 0.29) is 35.5 Å². The van der Waals surface area contributed by atoms with Crippen molar-refractivity contribution >= 4 is 35.0 Å². The van der Waals surface area contributed by atoms with Gasteiger partial charge < -0.3 is 10.1 Å². The highest BCUT2D eigenvalue weighted by Crippen LogP contribution is 2.65. The first-order chi connectivity index (χ1) is 13.4. The van der Waals surface area contributed by atoms with Gasteiger partial charge in [0.2, 0.25) is 17.7 Å². The smallest absolute Gasteiger partial charge is 0.247 e. The molecule has 2 bridgehead atoms. The number of hydrogen-bond acceptors (Lipinski definition) is 4. The lowest BCUT2D eigenvalue weighted by Gasteiger charge is -2.37. The number of amides is 3. The van der Waals surface area contributed by atoms with E-state index < -0.39 is 11.9 Å². The fourth-order valence-corrected chi connectivity index (χ4v) is 5.67. The Balaban J connectivity index is 1.38. The van der Waals surface area contributed by atoms with Gasteiger partial charge in [0.05, 0.1) is 24.6 Å². The number of benzene rings is 1. The SMILES string of the molecule is COc1ccc(Cl)cc1NC(=O)[C@H](C)N1C(=O)[C@@H]2[C@@H]3C=C[C@H]([C@H]4C[C@H]34)[C@@H]2C1=O. The molecule has 1 aromatic carbocycles. The van der Waals surface area contributed by atoms with Crippen LogP contribution >= 0.6 is 11.6 Å². The van der Waals surface area contributed by atoms with Gasteiger partial charge in [-0.1, -0.05) is 23.8 Å². The highest BCUT2D eigenvalue weighted by molar-refractivity contribution is 6.31. The minimum atomic E-state index is -0.898. The molecular weight excluding hydrogens is 380 g/mol. The lowest BCUT2D eigenvalue weighted by molar-refractivity contribution is -0.146. The van der Waals surface area contributed by atoms with Crippen molar-refractivity contribution in [3.8, 4) is 5.75 Å². The molecule has 1 N–H and O–H groups in total. The topological polar surface area (TPSA) is 75.7 Å². The van der Waals surface area contributed by atoms with Crippen LogP contribution in [0.4, 0.5) is 5.69 Å². The molecule has 1 saturated heterocycles. The van der Waals surface area contributed by atoms with E-state index in [9.17, 15) is 14.4 Å². The number of carbonyl (C=O) groups excluding carboxylic acids is 3. The number of rotatable bonds is 4. The summed E-state index contributed by atoms with van der Waals surface area (Å²) in [5.74, 6) is 0.353. The van der Waals surface area contributed by atoms with E-state index in [1.165, 1.54) is 12.0 Å². The minimum absolute atomic E-state index is 0.143. The maximum absolute atomic E-state index is 13.1. The van der Waals surface area contributed by atoms with Crippen molar-refractivity contribution in [1.82, 2.24) is 4.90 Å². The molecule has 146 valence electrons. The van der Waals surface area contributed by atoms with E-state index in [0.717, 1.165) is 6.42 Å². The number of methoxy groups -OCH3 is 1. The molecule has 5 aliphatic rings. The first kappa shape index (κ1) is 17.7. The third-order valence-corrected chi connectivity index (χ3v) is 7.12. The molecule has 0 unspecified atom stereocenters. The first-order valence-corrected chi connectivity index (χ1v) is 10.00. The number of allylic oxidation sites excluding steroid dienone is 2. The molecule has 2 saturated carbocycles. The Morgan fingerprint density at radius 2 is 1.79 bits per heavy atom. The lowest BCUT2D eigenvalue weighted by atomic mass is 9.63. The molecule has 1 heterocycles. The fraction of sp³-hybridized carbons (Fsp3) is 0.476. The molecule has 1 aromatic rings. The van der Waals surface area contributed by atoms with Crippen LogP contribution in [0, 0.1) is 35.5 Å². The van der Waals surface area contributed by atoms with Gasteiger partial charge in [0.1, 0.15) is 11.8 Å². The summed E-state index contributed by atoms with van der Waals surface area (Å²) in [4.78, 5) is 40.3. The highest BCUT2D eigenvalue weighted by Gasteiger charge is 2.67. The number of hydrogen-bond donors (Lipinski definition) is 1. The monoisotopic (exact) mass is 400 g/mol. The molecule has 6 nitrogen and oxygen atoms in total. The number of ether oxygens (including phenoxy) is 1. The minimum Gasteiger partial charge on any atom is -0.495 e. The molecule has 4 aliphatic carbocycles. The summed E-state index contributed by atoms with van der Waals surface area (Å²) < 4.78 is 5.25. The quantitative estimate of drug-likeness (QED) is 0.622. The molecular formula is C21H21ClN2O4. The zero-order valence-corrected chi connectivity index (χ0v) is 16.3. The predicted octanol–water partition coefficient (Wildman–Crippen LogP) is 2.73. The second kappa shape index (κ2) is 6.08. The number of imide groups is 1. The summed E-state index contributed by atoms with van der Waals surface area (Å²) in [5.41, 5.74) is 0.409. The van der Waals surface area contributed by atoms with Gasteiger partial charge in [-0.3, -0.25) is 19.3 Å². The van der Waals surface area contributed by atoms with Crippen molar-refractivity contribution in [3.05, 3.63) is 35.4 Å². The zero-order valence-electron chi connectivity index (χ0n) is 15.6. The van der Waals surface area contributed by atoms with Crippen LogP contribution < -0.4 is 10.1 Å². The van der Waals surface area contributed by atoms with Crippen LogP contribution in [0.1, 0.15) is 13.3 Å². The molecule has 6 rings (SSSR count). The summed E-state index contributed by atoms with van der Waals surface area (Å²) >= 11 is 6.02. The average Bonchev–Trinajstić information content (AvgIpc) is 3.45. The van der Waals surface area contributed by atoms with Gasteiger partial charge >= 0.3 is 0 Å². The lowest BCUT2D eigenvalue weighted by Crippen LogP contribution is -2.46. The maximum atomic E-state index is 13.1. The second-order valence-electron chi connectivity index (χ2n) is 8.21. The van der Waals surface area contributed by atoms with Gasteiger partial charge in [-0.25, -0.2) is 0 Å². The van der Waals surface area contributed by atoms with Crippen LogP contribution in [0.2, 0.25) is 5.02 Å². The summed E-state index contributed by atoms with van der Waals surface area (Å²) in [6.07, 6.45) is 5.35. The number of carbonyl (C=O) groups is 3. The van der Waals surface area contributed by atoms with Crippen LogP contribution in [0.25, 0.3) is 0 Å². The van der Waals surface area contributed by atoms with Gasteiger partial charge in [0.15, 0.2) is 0 Å². The number of nitrogens with zero attached hydrogens (tertiary/aromatic N) is 1. The van der Waals surface area contributed by atoms with Crippen LogP contribution in [-0.2, 0) is 14.4 Å². The second-order valence-corrected chi connectivity index (χ2v) is 8.65. The van der Waals surface area contributed by atoms with Crippen molar-refractivity contribution in [2.75, 3.05) is 12.4 Å². The third-order valence-electron chi connectivity index (χ3n) is 6.88. The Labute approximate surface area is 167 Å². The summed E-state index contributed by atoms with van der Waals surface area (Å²) in [5, 5.41) is 3.20. The van der Waals surface area contributed by atoms with Crippen molar-refractivity contribution in [1.29, 1.82) is 0 Å². The van der Waals surface area contributed by atoms with Gasteiger partial charge in [0, 0.05) is 5.02 Å². The Hall–Kier alpha value is -2.34. The van der Waals surface area contributed by atoms with E-state index in [0.29, 0.717) is 28.3 Å². The average molecular weight is 401 g/mol. The van der Waals surface area contributed by atoms with Crippen molar-refractivity contribution in [2.45, 2.75) is 19.4 Å². The molecule has 1 aliphatic heterocycles. The molecule has 3 amide bonds. The standard InChI is InChI=1S/C21H21ClN2O4/c1-9(19(25)23-15-7-10(22)3-6-16(15)28-2)24-20(26)17-11-4-5-12(14-8-13(11)14)18(17)21(24)27/h3-7,9,11-14,17-18H,8H2,1-2H3,(H,23,25)/t9-,11+,12+,13+,14+,17-,18+/m0/s1. The number of nitrogens with one attached hydrogen (secondary N) is 1. The van der Waals surface area contributed by atoms with Crippen LogP contribution in [-0.4, -0.2) is 35.8 Å². The Kier molecular flexibility index (Phi) is 3.85. The molecule has 28 heavy (non-hydrogen) atoms. The van der Waals surface area contributed by atoms with Crippen molar-refractivity contribution < 1.29 is 19.1 Å². The molecule has 0 radical (unpaired) electrons. The van der Waals surface area contributed by atoms with E-state index in [4.69, 9.17) is 16.3 Å². The van der Waals surface area contributed by atoms with E-state index >= 15 is 0 Å². The number of halogens is 1. The molecule has 7 atom stereocenters. The highest BCUT2D eigenvalue weighted by atomic mass is 35.5. The zero-order chi connectivity index (χ0) is 19.7. The normalized spacial score (nSPS) is 35.5. The largest absolute Gasteiger partial charge is 0.495 e. The van der Waals surface area contributed by atoms with Crippen molar-refractivity contribution in [3.63, 3.8) is 0 Å². The van der Waals surface area contributed by atoms with Crippen LogP contribution in [0.3, 0.4) is 0 Å². The molecule has 0 aromatic heterocycles. The fourth-order valence-electron chi connectivity index (χ4n) is 5.49. The molecule has 7 heteroatoms. The van der Waals surface area contributed by atoms with Crippen LogP contribution in [0.15, 0.2) is 30.4 Å². The Bertz CT molecular complexity index is 893. The van der Waals surface area contributed by atoms with Gasteiger partial charge in [0.25, 0.3) is 0 Å². The molecule has 3 fully saturated rings. The third kappa shape index (κ3) is 2.37. The Morgan fingerprint density at radius 3 is 2.36 bits per heavy atom. The summed E-state index contributed by atoms with van der Waals surface area (Å²) in [7, 11) is 1.49. The van der Waals surface area contributed by atoms with Crippen LogP contribution in [0.5, 0.6) is 5.75 Å². The molecule has 0 spiro atoms. The van der Waals surface area contributed by atoms with E-state index in [2.05, 4.69) is 17.5 Å². The van der Waals surface area contributed by atoms with Gasteiger partial charge in [-0.15, -0.1) is 0 Å². The number of anilines is 1. The summed E-state index contributed by atoms with van der Waals surface area (Å²) in [6.45, 7) is 1.59. The van der Waals surface area contributed by atoms with E-state index in [1.54, 1.807) is 25.1 Å². The summed E-state index contributed by atoms with van der Waals surface area (Å²) in [6, 6.07) is 3.99. The first-order valence-electron chi connectivity index (χ1n) is 9.62.